The van der Waals surface area contributed by atoms with Crippen LogP contribution in [0.2, 0.25) is 0 Å². The van der Waals surface area contributed by atoms with Gasteiger partial charge in [-0.1, -0.05) is 19.6 Å². The predicted octanol–water partition coefficient (Wildman–Crippen LogP) is 2.21. The first-order valence-corrected chi connectivity index (χ1v) is 5.11. The van der Waals surface area contributed by atoms with Gasteiger partial charge in [-0.05, 0) is 24.6 Å². The van der Waals surface area contributed by atoms with Gasteiger partial charge in [-0.25, -0.2) is 0 Å². The molecule has 1 aliphatic carbocycles. The van der Waals surface area contributed by atoms with E-state index < -0.39 is 0 Å². The van der Waals surface area contributed by atoms with E-state index in [-0.39, 0.29) is 6.04 Å². The molecule has 0 saturated heterocycles. The van der Waals surface area contributed by atoms with E-state index in [9.17, 15) is 5.11 Å². The minimum absolute atomic E-state index is 0.114. The van der Waals surface area contributed by atoms with Crippen LogP contribution in [0.15, 0.2) is 35.6 Å². The van der Waals surface area contributed by atoms with E-state index in [0.29, 0.717) is 17.8 Å². The Morgan fingerprint density at radius 2 is 2.47 bits per heavy atom. The van der Waals surface area contributed by atoms with Gasteiger partial charge in [-0.2, -0.15) is 5.26 Å². The van der Waals surface area contributed by atoms with Crippen LogP contribution >= 0.6 is 0 Å². The smallest absolute Gasteiger partial charge is 0.0988 e. The molecule has 0 bridgehead atoms. The van der Waals surface area contributed by atoms with Gasteiger partial charge in [0.25, 0.3) is 0 Å². The van der Waals surface area contributed by atoms with Crippen LogP contribution in [0, 0.1) is 11.3 Å². The Morgan fingerprint density at radius 3 is 3.07 bits per heavy atom. The van der Waals surface area contributed by atoms with Crippen LogP contribution in [0.4, 0.5) is 0 Å². The van der Waals surface area contributed by atoms with Gasteiger partial charge in [-0.3, -0.25) is 0 Å². The lowest BCUT2D eigenvalue weighted by Crippen LogP contribution is -2.31. The normalized spacial score (nSPS) is 20.9. The van der Waals surface area contributed by atoms with E-state index in [1.807, 2.05) is 6.92 Å². The number of nitrogens with one attached hydrogen (secondary N) is 1. The van der Waals surface area contributed by atoms with Crippen LogP contribution in [0.5, 0.6) is 0 Å². The molecule has 0 aromatic heterocycles. The number of aliphatic hydroxyl groups excluding tert-OH is 1. The van der Waals surface area contributed by atoms with Crippen molar-refractivity contribution in [2.75, 3.05) is 6.54 Å². The zero-order valence-electron chi connectivity index (χ0n) is 8.95. The molecule has 80 valence electrons. The Bertz CT molecular complexity index is 347. The fraction of sp³-hybridized carbons (Fsp3) is 0.417. The van der Waals surface area contributed by atoms with Gasteiger partial charge in [0.05, 0.1) is 11.8 Å². The summed E-state index contributed by atoms with van der Waals surface area (Å²) in [6.07, 6.45) is 4.86. The maximum absolute atomic E-state index is 9.42. The molecule has 0 saturated carbocycles. The van der Waals surface area contributed by atoms with Crippen molar-refractivity contribution in [2.45, 2.75) is 25.8 Å². The minimum atomic E-state index is 0.114. The largest absolute Gasteiger partial charge is 0.512 e. The Balaban J connectivity index is 2.91. The van der Waals surface area contributed by atoms with E-state index in [0.717, 1.165) is 18.5 Å². The van der Waals surface area contributed by atoms with Crippen LogP contribution in [0.1, 0.15) is 19.8 Å². The molecule has 0 heterocycles. The van der Waals surface area contributed by atoms with E-state index in [1.54, 1.807) is 12.2 Å². The Morgan fingerprint density at radius 1 is 1.73 bits per heavy atom. The zero-order valence-corrected chi connectivity index (χ0v) is 8.95. The molecule has 1 rings (SSSR count). The molecule has 0 aliphatic heterocycles. The highest BCUT2D eigenvalue weighted by atomic mass is 16.3. The van der Waals surface area contributed by atoms with Crippen molar-refractivity contribution in [3.05, 3.63) is 35.6 Å². The number of rotatable bonds is 3. The van der Waals surface area contributed by atoms with Crippen molar-refractivity contribution >= 4 is 0 Å². The van der Waals surface area contributed by atoms with Crippen molar-refractivity contribution in [2.24, 2.45) is 0 Å². The number of aliphatic hydroxyl groups is 1. The molecule has 3 nitrogen and oxygen atoms in total. The maximum Gasteiger partial charge on any atom is 0.0988 e. The molecule has 1 atom stereocenters. The highest BCUT2D eigenvalue weighted by Gasteiger charge is 2.18. The third kappa shape index (κ3) is 2.97. The molecule has 0 spiro atoms. The highest BCUT2D eigenvalue weighted by Crippen LogP contribution is 2.21. The third-order valence-corrected chi connectivity index (χ3v) is 2.45. The number of allylic oxidation sites excluding steroid dienone is 3. The highest BCUT2D eigenvalue weighted by molar-refractivity contribution is 5.45. The third-order valence-electron chi connectivity index (χ3n) is 2.45. The first-order valence-electron chi connectivity index (χ1n) is 5.11. The van der Waals surface area contributed by atoms with Crippen LogP contribution in [0.25, 0.3) is 0 Å². The molecule has 0 amide bonds. The summed E-state index contributed by atoms with van der Waals surface area (Å²) in [6.45, 7) is 6.57. The summed E-state index contributed by atoms with van der Waals surface area (Å²) in [4.78, 5) is 0. The molecule has 15 heavy (non-hydrogen) atoms. The molecule has 0 aromatic rings. The fourth-order valence-corrected chi connectivity index (χ4v) is 1.67. The second-order valence-electron chi connectivity index (χ2n) is 3.52. The van der Waals surface area contributed by atoms with Crippen molar-refractivity contribution in [3.63, 3.8) is 0 Å². The van der Waals surface area contributed by atoms with Gasteiger partial charge in [0.15, 0.2) is 0 Å². The number of hydrogen-bond donors (Lipinski definition) is 2. The molecule has 0 fully saturated rings. The average Bonchev–Trinajstić information content (AvgIpc) is 2.41. The van der Waals surface area contributed by atoms with E-state index in [1.165, 1.54) is 0 Å². The van der Waals surface area contributed by atoms with Crippen LogP contribution in [-0.2, 0) is 0 Å². The van der Waals surface area contributed by atoms with Crippen LogP contribution < -0.4 is 5.32 Å². The predicted molar refractivity (Wildman–Crippen MR) is 60.2 cm³/mol. The van der Waals surface area contributed by atoms with Gasteiger partial charge in [0.2, 0.25) is 0 Å². The standard InChI is InChI=1S/C12H16N2O/c1-3-14-12-7-5-10(15)4-6-11(12)9(2)8-13/h4,6,12,14-15H,2-3,5,7H2,1H3. The summed E-state index contributed by atoms with van der Waals surface area (Å²) in [5.74, 6) is 0.360. The molecule has 2 N–H and O–H groups in total. The number of nitriles is 1. The van der Waals surface area contributed by atoms with Gasteiger partial charge in [-0.15, -0.1) is 0 Å². The molecule has 1 unspecified atom stereocenters. The van der Waals surface area contributed by atoms with Crippen molar-refractivity contribution in [1.82, 2.24) is 5.32 Å². The summed E-state index contributed by atoms with van der Waals surface area (Å²) in [6, 6.07) is 2.17. The van der Waals surface area contributed by atoms with E-state index >= 15 is 0 Å². The summed E-state index contributed by atoms with van der Waals surface area (Å²) < 4.78 is 0. The van der Waals surface area contributed by atoms with Crippen molar-refractivity contribution in [1.29, 1.82) is 5.26 Å². The van der Waals surface area contributed by atoms with Crippen LogP contribution in [-0.4, -0.2) is 17.7 Å². The summed E-state index contributed by atoms with van der Waals surface area (Å²) in [5, 5.41) is 21.5. The van der Waals surface area contributed by atoms with E-state index in [4.69, 9.17) is 5.26 Å². The van der Waals surface area contributed by atoms with Crippen molar-refractivity contribution < 1.29 is 5.11 Å². The van der Waals surface area contributed by atoms with Gasteiger partial charge in [0, 0.05) is 18.0 Å². The molecule has 1 aliphatic rings. The Hall–Kier alpha value is -1.53. The van der Waals surface area contributed by atoms with Crippen molar-refractivity contribution in [3.8, 4) is 6.07 Å². The SMILES string of the molecule is C=C(C#N)C1=CC=C(O)CCC1NCC. The summed E-state index contributed by atoms with van der Waals surface area (Å²) >= 11 is 0. The lowest BCUT2D eigenvalue weighted by Gasteiger charge is -2.18. The van der Waals surface area contributed by atoms with E-state index in [2.05, 4.69) is 18.0 Å². The van der Waals surface area contributed by atoms with Gasteiger partial charge < -0.3 is 10.4 Å². The zero-order chi connectivity index (χ0) is 11.3. The fourth-order valence-electron chi connectivity index (χ4n) is 1.67. The number of hydrogen-bond acceptors (Lipinski definition) is 3. The second-order valence-corrected chi connectivity index (χ2v) is 3.52. The lowest BCUT2D eigenvalue weighted by atomic mass is 9.97. The minimum Gasteiger partial charge on any atom is -0.512 e. The number of likely N-dealkylation sites (N-methyl/N-ethyl adjacent to an activating group) is 1. The molecule has 3 heteroatoms. The molecular weight excluding hydrogens is 188 g/mol. The average molecular weight is 204 g/mol. The molecular formula is C12H16N2O. The topological polar surface area (TPSA) is 56.0 Å². The Labute approximate surface area is 90.4 Å². The maximum atomic E-state index is 9.42. The van der Waals surface area contributed by atoms with Gasteiger partial charge >= 0.3 is 0 Å². The monoisotopic (exact) mass is 204 g/mol. The molecule has 0 aromatic carbocycles. The summed E-state index contributed by atoms with van der Waals surface area (Å²) in [7, 11) is 0. The molecule has 0 radical (unpaired) electrons. The quantitative estimate of drug-likeness (QED) is 0.693. The van der Waals surface area contributed by atoms with Gasteiger partial charge in [0.1, 0.15) is 0 Å². The number of nitrogens with zero attached hydrogens (tertiary/aromatic N) is 1. The Kier molecular flexibility index (Phi) is 4.14. The lowest BCUT2D eigenvalue weighted by molar-refractivity contribution is 0.377. The first-order chi connectivity index (χ1) is 7.19. The first kappa shape index (κ1) is 11.5. The van der Waals surface area contributed by atoms with Crippen LogP contribution in [0.3, 0.4) is 0 Å². The summed E-state index contributed by atoms with van der Waals surface area (Å²) in [5.41, 5.74) is 1.34. The second kappa shape index (κ2) is 5.38.